The Kier molecular flexibility index (Phi) is 3.25. The Morgan fingerprint density at radius 3 is 2.28 bits per heavy atom. The van der Waals surface area contributed by atoms with Gasteiger partial charge in [0.25, 0.3) is 0 Å². The molecule has 96 valence electrons. The molecule has 0 heterocycles. The van der Waals surface area contributed by atoms with Crippen molar-refractivity contribution in [2.24, 2.45) is 5.90 Å². The van der Waals surface area contributed by atoms with Gasteiger partial charge >= 0.3 is 10.1 Å². The number of benzene rings is 2. The Morgan fingerprint density at radius 2 is 1.67 bits per heavy atom. The summed E-state index contributed by atoms with van der Waals surface area (Å²) >= 11 is 0. The fourth-order valence-electron chi connectivity index (χ4n) is 1.92. The molecule has 0 unspecified atom stereocenters. The number of fused-ring (bicyclic) bond motifs is 1. The molecule has 2 aromatic rings. The Hall–Kier alpha value is -1.63. The molecule has 0 saturated carbocycles. The van der Waals surface area contributed by atoms with Gasteiger partial charge in [-0.15, -0.1) is 0 Å². The van der Waals surface area contributed by atoms with Gasteiger partial charge in [-0.2, -0.15) is 18.6 Å². The van der Waals surface area contributed by atoms with Crippen molar-refractivity contribution in [3.05, 3.63) is 36.4 Å². The highest BCUT2D eigenvalue weighted by Crippen LogP contribution is 2.30. The zero-order valence-electron chi connectivity index (χ0n) is 10.1. The molecule has 0 aliphatic rings. The monoisotopic (exact) mass is 266 g/mol. The molecular weight excluding hydrogens is 252 g/mol. The Labute approximate surface area is 106 Å². The van der Waals surface area contributed by atoms with Crippen LogP contribution in [0.15, 0.2) is 41.3 Å². The topological polar surface area (TPSA) is 72.6 Å². The molecule has 2 rings (SSSR count). The Bertz CT molecular complexity index is 681. The van der Waals surface area contributed by atoms with Gasteiger partial charge in [0.15, 0.2) is 0 Å². The van der Waals surface area contributed by atoms with Gasteiger partial charge in [0.2, 0.25) is 0 Å². The molecular formula is C12H14N2O3S. The number of hydrogen-bond donors (Lipinski definition) is 1. The normalized spacial score (nSPS) is 11.7. The number of rotatable bonds is 3. The first-order chi connectivity index (χ1) is 8.47. The maximum Gasteiger partial charge on any atom is 0.313 e. The standard InChI is InChI=1S/C12H14N2O3S/c1-14(2)11-7-3-6-10-9(11)5-4-8-12(10)18(15,16)17-13/h3-8H,13H2,1-2H3. The van der Waals surface area contributed by atoms with E-state index in [0.717, 1.165) is 11.1 Å². The average Bonchev–Trinajstić information content (AvgIpc) is 2.37. The third kappa shape index (κ3) is 2.05. The van der Waals surface area contributed by atoms with E-state index in [1.54, 1.807) is 18.2 Å². The third-order valence-corrected chi connectivity index (χ3v) is 3.88. The minimum absolute atomic E-state index is 0.0752. The summed E-state index contributed by atoms with van der Waals surface area (Å²) < 4.78 is 27.6. The van der Waals surface area contributed by atoms with Gasteiger partial charge in [-0.1, -0.05) is 24.3 Å². The summed E-state index contributed by atoms with van der Waals surface area (Å²) in [5.74, 6) is 4.83. The second-order valence-corrected chi connectivity index (χ2v) is 5.61. The van der Waals surface area contributed by atoms with Crippen LogP contribution in [0.3, 0.4) is 0 Å². The van der Waals surface area contributed by atoms with Crippen molar-refractivity contribution in [3.8, 4) is 0 Å². The predicted molar refractivity (Wildman–Crippen MR) is 70.7 cm³/mol. The largest absolute Gasteiger partial charge is 0.377 e. The van der Waals surface area contributed by atoms with Gasteiger partial charge in [-0.25, -0.2) is 0 Å². The van der Waals surface area contributed by atoms with Gasteiger partial charge in [0.1, 0.15) is 4.90 Å². The maximum absolute atomic E-state index is 11.7. The van der Waals surface area contributed by atoms with Crippen molar-refractivity contribution in [1.29, 1.82) is 0 Å². The fraction of sp³-hybridized carbons (Fsp3) is 0.167. The molecule has 5 nitrogen and oxygen atoms in total. The van der Waals surface area contributed by atoms with E-state index in [2.05, 4.69) is 4.28 Å². The first kappa shape index (κ1) is 12.8. The van der Waals surface area contributed by atoms with Gasteiger partial charge in [-0.3, -0.25) is 0 Å². The fourth-order valence-corrected chi connectivity index (χ4v) is 2.72. The minimum atomic E-state index is -3.91. The molecule has 0 fully saturated rings. The summed E-state index contributed by atoms with van der Waals surface area (Å²) in [5, 5.41) is 1.43. The van der Waals surface area contributed by atoms with E-state index in [-0.39, 0.29) is 4.90 Å². The van der Waals surface area contributed by atoms with E-state index >= 15 is 0 Å². The minimum Gasteiger partial charge on any atom is -0.377 e. The van der Waals surface area contributed by atoms with Crippen molar-refractivity contribution >= 4 is 26.6 Å². The van der Waals surface area contributed by atoms with Crippen LogP contribution in [0, 0.1) is 0 Å². The van der Waals surface area contributed by atoms with E-state index in [1.165, 1.54) is 6.07 Å². The zero-order valence-corrected chi connectivity index (χ0v) is 10.9. The average molecular weight is 266 g/mol. The lowest BCUT2D eigenvalue weighted by molar-refractivity contribution is 0.333. The molecule has 0 aliphatic carbocycles. The second kappa shape index (κ2) is 4.56. The smallest absolute Gasteiger partial charge is 0.313 e. The molecule has 2 N–H and O–H groups in total. The Balaban J connectivity index is 2.84. The van der Waals surface area contributed by atoms with Crippen LogP contribution >= 0.6 is 0 Å². The van der Waals surface area contributed by atoms with Gasteiger partial charge in [-0.05, 0) is 12.1 Å². The van der Waals surface area contributed by atoms with Crippen LogP contribution in [0.2, 0.25) is 0 Å². The number of hydrogen-bond acceptors (Lipinski definition) is 5. The molecule has 0 amide bonds. The third-order valence-electron chi connectivity index (χ3n) is 2.74. The van der Waals surface area contributed by atoms with E-state index in [4.69, 9.17) is 5.90 Å². The van der Waals surface area contributed by atoms with Gasteiger partial charge in [0, 0.05) is 30.6 Å². The maximum atomic E-state index is 11.7. The van der Waals surface area contributed by atoms with Crippen LogP contribution in [0.25, 0.3) is 10.8 Å². The number of nitrogens with two attached hydrogens (primary N) is 1. The summed E-state index contributed by atoms with van der Waals surface area (Å²) in [4.78, 5) is 1.99. The summed E-state index contributed by atoms with van der Waals surface area (Å²) in [7, 11) is -0.112. The van der Waals surface area contributed by atoms with E-state index in [1.807, 2.05) is 31.1 Å². The van der Waals surface area contributed by atoms with Gasteiger partial charge < -0.3 is 4.90 Å². The molecule has 0 spiro atoms. The lowest BCUT2D eigenvalue weighted by atomic mass is 10.1. The van der Waals surface area contributed by atoms with Crippen molar-refractivity contribution in [2.75, 3.05) is 19.0 Å². The summed E-state index contributed by atoms with van der Waals surface area (Å²) in [5.41, 5.74) is 0.932. The Morgan fingerprint density at radius 1 is 1.06 bits per heavy atom. The quantitative estimate of drug-likeness (QED) is 0.852. The van der Waals surface area contributed by atoms with Crippen LogP contribution in [0.5, 0.6) is 0 Å². The molecule has 0 bridgehead atoms. The summed E-state index contributed by atoms with van der Waals surface area (Å²) in [6, 6.07) is 10.5. The SMILES string of the molecule is CN(C)c1cccc2c(S(=O)(=O)ON)cccc12. The molecule has 18 heavy (non-hydrogen) atoms. The molecule has 6 heteroatoms. The first-order valence-electron chi connectivity index (χ1n) is 5.30. The van der Waals surface area contributed by atoms with Crippen LogP contribution in [0.1, 0.15) is 0 Å². The van der Waals surface area contributed by atoms with Crippen molar-refractivity contribution in [3.63, 3.8) is 0 Å². The molecule has 0 radical (unpaired) electrons. The van der Waals surface area contributed by atoms with Crippen molar-refractivity contribution < 1.29 is 12.7 Å². The first-order valence-corrected chi connectivity index (χ1v) is 6.70. The van der Waals surface area contributed by atoms with Crippen LogP contribution in [-0.2, 0) is 14.4 Å². The van der Waals surface area contributed by atoms with Crippen molar-refractivity contribution in [1.82, 2.24) is 0 Å². The highest BCUT2D eigenvalue weighted by Gasteiger charge is 2.18. The van der Waals surface area contributed by atoms with Crippen LogP contribution in [-0.4, -0.2) is 22.5 Å². The van der Waals surface area contributed by atoms with E-state index < -0.39 is 10.1 Å². The molecule has 0 atom stereocenters. The van der Waals surface area contributed by atoms with Crippen molar-refractivity contribution in [2.45, 2.75) is 4.90 Å². The van der Waals surface area contributed by atoms with E-state index in [0.29, 0.717) is 5.39 Å². The van der Waals surface area contributed by atoms with E-state index in [9.17, 15) is 8.42 Å². The molecule has 0 saturated heterocycles. The highest BCUT2D eigenvalue weighted by atomic mass is 32.2. The van der Waals surface area contributed by atoms with Gasteiger partial charge in [0.05, 0.1) is 0 Å². The molecule has 2 aromatic carbocycles. The predicted octanol–water partition coefficient (Wildman–Crippen LogP) is 1.48. The number of nitrogens with zero attached hydrogens (tertiary/aromatic N) is 1. The number of anilines is 1. The van der Waals surface area contributed by atoms with Crippen LogP contribution in [0.4, 0.5) is 5.69 Å². The second-order valence-electron chi connectivity index (χ2n) is 4.07. The lowest BCUT2D eigenvalue weighted by Crippen LogP contribution is -2.12. The molecule has 0 aromatic heterocycles. The summed E-state index contributed by atoms with van der Waals surface area (Å²) in [6.45, 7) is 0. The highest BCUT2D eigenvalue weighted by molar-refractivity contribution is 7.87. The lowest BCUT2D eigenvalue weighted by Gasteiger charge is -2.16. The summed E-state index contributed by atoms with van der Waals surface area (Å²) in [6.07, 6.45) is 0. The molecule has 0 aliphatic heterocycles. The van der Waals surface area contributed by atoms with Crippen LogP contribution < -0.4 is 10.8 Å². The zero-order chi connectivity index (χ0) is 13.3.